The Hall–Kier alpha value is -2.12. The van der Waals surface area contributed by atoms with Crippen molar-refractivity contribution in [2.24, 2.45) is 35.5 Å². The fraction of sp³-hybridized carbons (Fsp3) is 0.800. The molecular formula is C20H32O8. The van der Waals surface area contributed by atoms with Gasteiger partial charge in [0.2, 0.25) is 0 Å². The van der Waals surface area contributed by atoms with Gasteiger partial charge in [0.05, 0.1) is 0 Å². The Morgan fingerprint density at radius 2 is 0.964 bits per heavy atom. The fourth-order valence-electron chi connectivity index (χ4n) is 4.62. The summed E-state index contributed by atoms with van der Waals surface area (Å²) in [5, 5.41) is 36.0. The molecule has 0 spiro atoms. The third-order valence-electron chi connectivity index (χ3n) is 6.34. The average Bonchev–Trinajstić information content (AvgIpc) is 2.58. The normalized spacial score (nSPS) is 25.0. The highest BCUT2D eigenvalue weighted by Gasteiger charge is 2.36. The highest BCUT2D eigenvalue weighted by Crippen LogP contribution is 2.44. The number of carbonyl (C=O) groups is 4. The van der Waals surface area contributed by atoms with Crippen LogP contribution in [0.4, 0.5) is 0 Å². The number of hydrogen-bond acceptors (Lipinski definition) is 4. The zero-order valence-electron chi connectivity index (χ0n) is 16.5. The fourth-order valence-corrected chi connectivity index (χ4v) is 4.62. The van der Waals surface area contributed by atoms with E-state index in [2.05, 4.69) is 13.8 Å². The SMILES string of the molecule is CC1CCC(C)C(CCCC(C(=O)O)C(=O)O)C1CCCC(C(=O)O)C(=O)O. The van der Waals surface area contributed by atoms with E-state index in [1.807, 2.05) is 0 Å². The Bertz CT molecular complexity index is 495. The lowest BCUT2D eigenvalue weighted by Crippen LogP contribution is -2.33. The van der Waals surface area contributed by atoms with Crippen LogP contribution in [-0.4, -0.2) is 44.3 Å². The summed E-state index contributed by atoms with van der Waals surface area (Å²) in [6.45, 7) is 4.29. The van der Waals surface area contributed by atoms with Gasteiger partial charge < -0.3 is 20.4 Å². The van der Waals surface area contributed by atoms with E-state index in [0.717, 1.165) is 25.7 Å². The van der Waals surface area contributed by atoms with E-state index in [0.29, 0.717) is 36.5 Å². The highest BCUT2D eigenvalue weighted by atomic mass is 16.4. The van der Waals surface area contributed by atoms with Gasteiger partial charge in [0.25, 0.3) is 0 Å². The maximum absolute atomic E-state index is 11.0. The molecule has 1 aliphatic rings. The molecule has 4 atom stereocenters. The van der Waals surface area contributed by atoms with Crippen LogP contribution in [0.1, 0.15) is 65.2 Å². The van der Waals surface area contributed by atoms with E-state index >= 15 is 0 Å². The number of rotatable bonds is 12. The van der Waals surface area contributed by atoms with Crippen molar-refractivity contribution in [3.05, 3.63) is 0 Å². The molecule has 8 heteroatoms. The second-order valence-corrected chi connectivity index (χ2v) is 8.18. The minimum absolute atomic E-state index is 0.0924. The zero-order chi connectivity index (χ0) is 21.4. The van der Waals surface area contributed by atoms with Crippen LogP contribution in [0.15, 0.2) is 0 Å². The van der Waals surface area contributed by atoms with Crippen molar-refractivity contribution < 1.29 is 39.6 Å². The molecule has 0 aliphatic heterocycles. The first-order valence-electron chi connectivity index (χ1n) is 9.97. The van der Waals surface area contributed by atoms with Crippen molar-refractivity contribution in [2.45, 2.75) is 65.2 Å². The molecule has 0 heterocycles. The van der Waals surface area contributed by atoms with Crippen LogP contribution >= 0.6 is 0 Å². The Kier molecular flexibility index (Phi) is 9.41. The molecule has 160 valence electrons. The molecule has 1 fully saturated rings. The van der Waals surface area contributed by atoms with Gasteiger partial charge in [-0.1, -0.05) is 39.5 Å². The second kappa shape index (κ2) is 11.0. The van der Waals surface area contributed by atoms with Crippen molar-refractivity contribution in [3.63, 3.8) is 0 Å². The van der Waals surface area contributed by atoms with Crippen LogP contribution in [0.3, 0.4) is 0 Å². The third-order valence-corrected chi connectivity index (χ3v) is 6.34. The quantitative estimate of drug-likeness (QED) is 0.365. The summed E-state index contributed by atoms with van der Waals surface area (Å²) in [5.74, 6) is -6.59. The lowest BCUT2D eigenvalue weighted by molar-refractivity contribution is -0.157. The van der Waals surface area contributed by atoms with E-state index in [4.69, 9.17) is 20.4 Å². The number of carboxylic acids is 4. The highest BCUT2D eigenvalue weighted by molar-refractivity contribution is 5.93. The maximum atomic E-state index is 11.0. The predicted octanol–water partition coefficient (Wildman–Crippen LogP) is 3.20. The Morgan fingerprint density at radius 3 is 1.21 bits per heavy atom. The van der Waals surface area contributed by atoms with Gasteiger partial charge in [-0.15, -0.1) is 0 Å². The molecule has 0 aromatic carbocycles. The maximum Gasteiger partial charge on any atom is 0.317 e. The molecule has 0 aromatic rings. The van der Waals surface area contributed by atoms with Crippen LogP contribution in [0, 0.1) is 35.5 Å². The van der Waals surface area contributed by atoms with Crippen LogP contribution in [0.25, 0.3) is 0 Å². The summed E-state index contributed by atoms with van der Waals surface area (Å²) in [6.07, 6.45) is 4.77. The number of carboxylic acid groups (broad SMARTS) is 4. The Balaban J connectivity index is 2.67. The van der Waals surface area contributed by atoms with Crippen molar-refractivity contribution in [3.8, 4) is 0 Å². The first-order chi connectivity index (χ1) is 13.1. The molecule has 1 saturated carbocycles. The third kappa shape index (κ3) is 6.80. The molecule has 1 aliphatic carbocycles. The molecule has 0 amide bonds. The summed E-state index contributed by atoms with van der Waals surface area (Å²) in [7, 11) is 0. The standard InChI is InChI=1S/C20H32O8/c1-11-9-10-12(2)14(6-4-8-16(19(25)26)20(27)28)13(11)5-3-7-15(17(21)22)18(23)24/h11-16H,3-10H2,1-2H3,(H,21,22)(H,23,24)(H,25,26)(H,27,28). The van der Waals surface area contributed by atoms with E-state index < -0.39 is 35.7 Å². The average molecular weight is 400 g/mol. The van der Waals surface area contributed by atoms with Gasteiger partial charge in [0.1, 0.15) is 0 Å². The molecule has 28 heavy (non-hydrogen) atoms. The van der Waals surface area contributed by atoms with Crippen molar-refractivity contribution in [1.82, 2.24) is 0 Å². The lowest BCUT2D eigenvalue weighted by Gasteiger charge is -2.41. The predicted molar refractivity (Wildman–Crippen MR) is 99.8 cm³/mol. The summed E-state index contributed by atoms with van der Waals surface area (Å²) in [6, 6.07) is 0. The Morgan fingerprint density at radius 1 is 0.679 bits per heavy atom. The van der Waals surface area contributed by atoms with Crippen molar-refractivity contribution >= 4 is 23.9 Å². The van der Waals surface area contributed by atoms with Gasteiger partial charge in [0.15, 0.2) is 11.8 Å². The van der Waals surface area contributed by atoms with E-state index in [1.165, 1.54) is 0 Å². The Labute approximate surface area is 164 Å². The summed E-state index contributed by atoms with van der Waals surface area (Å²) in [5.41, 5.74) is 0. The van der Waals surface area contributed by atoms with Gasteiger partial charge in [-0.2, -0.15) is 0 Å². The minimum atomic E-state index is -1.39. The van der Waals surface area contributed by atoms with Crippen LogP contribution < -0.4 is 0 Å². The van der Waals surface area contributed by atoms with Gasteiger partial charge in [-0.05, 0) is 49.4 Å². The summed E-state index contributed by atoms with van der Waals surface area (Å²) < 4.78 is 0. The molecule has 8 nitrogen and oxygen atoms in total. The van der Waals surface area contributed by atoms with Crippen LogP contribution in [0.5, 0.6) is 0 Å². The second-order valence-electron chi connectivity index (χ2n) is 8.18. The lowest BCUT2D eigenvalue weighted by atomic mass is 9.64. The monoisotopic (exact) mass is 400 g/mol. The van der Waals surface area contributed by atoms with Gasteiger partial charge in [-0.25, -0.2) is 0 Å². The number of aliphatic carboxylic acids is 4. The zero-order valence-corrected chi connectivity index (χ0v) is 16.5. The summed E-state index contributed by atoms with van der Waals surface area (Å²) in [4.78, 5) is 44.2. The van der Waals surface area contributed by atoms with E-state index in [1.54, 1.807) is 0 Å². The molecule has 0 saturated heterocycles. The minimum Gasteiger partial charge on any atom is -0.481 e. The topological polar surface area (TPSA) is 149 Å². The van der Waals surface area contributed by atoms with E-state index in [9.17, 15) is 19.2 Å². The van der Waals surface area contributed by atoms with Crippen LogP contribution in [0.2, 0.25) is 0 Å². The molecular weight excluding hydrogens is 368 g/mol. The van der Waals surface area contributed by atoms with Crippen LogP contribution in [-0.2, 0) is 19.2 Å². The van der Waals surface area contributed by atoms with Gasteiger partial charge in [-0.3, -0.25) is 19.2 Å². The van der Waals surface area contributed by atoms with Crippen molar-refractivity contribution in [1.29, 1.82) is 0 Å². The molecule has 0 aromatic heterocycles. The van der Waals surface area contributed by atoms with Gasteiger partial charge >= 0.3 is 23.9 Å². The largest absolute Gasteiger partial charge is 0.481 e. The first-order valence-corrected chi connectivity index (χ1v) is 9.97. The molecule has 0 bridgehead atoms. The van der Waals surface area contributed by atoms with E-state index in [-0.39, 0.29) is 12.8 Å². The molecule has 4 N–H and O–H groups in total. The van der Waals surface area contributed by atoms with Gasteiger partial charge in [0, 0.05) is 0 Å². The molecule has 1 rings (SSSR count). The number of hydrogen-bond donors (Lipinski definition) is 4. The summed E-state index contributed by atoms with van der Waals surface area (Å²) >= 11 is 0. The smallest absolute Gasteiger partial charge is 0.317 e. The van der Waals surface area contributed by atoms with Crippen molar-refractivity contribution in [2.75, 3.05) is 0 Å². The molecule has 0 radical (unpaired) electrons. The first kappa shape index (κ1) is 23.9. The molecule has 4 unspecified atom stereocenters.